The van der Waals surface area contributed by atoms with E-state index in [4.69, 9.17) is 0 Å². The molecule has 0 amide bonds. The average Bonchev–Trinajstić information content (AvgIpc) is 2.28. The number of hydrogen-bond acceptors (Lipinski definition) is 2. The summed E-state index contributed by atoms with van der Waals surface area (Å²) in [5, 5.41) is 0. The first-order valence-corrected chi connectivity index (χ1v) is 5.71. The van der Waals surface area contributed by atoms with Crippen LogP contribution in [-0.4, -0.2) is 11.3 Å². The molecular formula is C14H17NO. The van der Waals surface area contributed by atoms with Crippen LogP contribution in [0.4, 0.5) is 0 Å². The largest absolute Gasteiger partial charge is 0.298 e. The SMILES string of the molecule is CC1(C)CCC=C(c2ccc(C=O)cn2)C1. The maximum atomic E-state index is 10.5. The summed E-state index contributed by atoms with van der Waals surface area (Å²) in [7, 11) is 0. The molecular weight excluding hydrogens is 198 g/mol. The van der Waals surface area contributed by atoms with Gasteiger partial charge in [0, 0.05) is 11.8 Å². The zero-order valence-electron chi connectivity index (χ0n) is 9.86. The summed E-state index contributed by atoms with van der Waals surface area (Å²) < 4.78 is 0. The maximum absolute atomic E-state index is 10.5. The van der Waals surface area contributed by atoms with Gasteiger partial charge in [-0.3, -0.25) is 9.78 Å². The zero-order chi connectivity index (χ0) is 11.6. The van der Waals surface area contributed by atoms with Crippen molar-refractivity contribution in [1.29, 1.82) is 0 Å². The fourth-order valence-electron chi connectivity index (χ4n) is 2.17. The van der Waals surface area contributed by atoms with E-state index in [1.807, 2.05) is 12.1 Å². The van der Waals surface area contributed by atoms with Crippen molar-refractivity contribution in [2.45, 2.75) is 33.1 Å². The van der Waals surface area contributed by atoms with E-state index >= 15 is 0 Å². The van der Waals surface area contributed by atoms with Crippen molar-refractivity contribution in [3.63, 3.8) is 0 Å². The van der Waals surface area contributed by atoms with E-state index in [9.17, 15) is 4.79 Å². The van der Waals surface area contributed by atoms with Crippen molar-refractivity contribution in [2.24, 2.45) is 5.41 Å². The first-order chi connectivity index (χ1) is 7.61. The summed E-state index contributed by atoms with van der Waals surface area (Å²) in [5.74, 6) is 0. The number of pyridine rings is 1. The van der Waals surface area contributed by atoms with Gasteiger partial charge in [0.2, 0.25) is 0 Å². The molecule has 0 radical (unpaired) electrons. The lowest BCUT2D eigenvalue weighted by molar-refractivity contribution is 0.112. The Balaban J connectivity index is 2.24. The predicted molar refractivity (Wildman–Crippen MR) is 65.2 cm³/mol. The Labute approximate surface area is 96.4 Å². The summed E-state index contributed by atoms with van der Waals surface area (Å²) >= 11 is 0. The van der Waals surface area contributed by atoms with Crippen molar-refractivity contribution in [1.82, 2.24) is 4.98 Å². The van der Waals surface area contributed by atoms with E-state index in [-0.39, 0.29) is 0 Å². The molecule has 0 saturated carbocycles. The lowest BCUT2D eigenvalue weighted by atomic mass is 9.76. The van der Waals surface area contributed by atoms with Crippen LogP contribution in [0.1, 0.15) is 49.2 Å². The Bertz CT molecular complexity index is 415. The van der Waals surface area contributed by atoms with E-state index in [0.29, 0.717) is 11.0 Å². The van der Waals surface area contributed by atoms with E-state index in [1.54, 1.807) is 6.20 Å². The average molecular weight is 215 g/mol. The molecule has 1 aliphatic rings. The van der Waals surface area contributed by atoms with Gasteiger partial charge in [-0.2, -0.15) is 0 Å². The molecule has 0 bridgehead atoms. The molecule has 2 rings (SSSR count). The summed E-state index contributed by atoms with van der Waals surface area (Å²) in [6, 6.07) is 3.77. The highest BCUT2D eigenvalue weighted by Gasteiger charge is 2.23. The zero-order valence-corrected chi connectivity index (χ0v) is 9.86. The van der Waals surface area contributed by atoms with E-state index in [0.717, 1.165) is 24.8 Å². The number of aromatic nitrogens is 1. The summed E-state index contributed by atoms with van der Waals surface area (Å²) in [5.41, 5.74) is 3.33. The van der Waals surface area contributed by atoms with E-state index < -0.39 is 0 Å². The molecule has 0 N–H and O–H groups in total. The fraction of sp³-hybridized carbons (Fsp3) is 0.429. The summed E-state index contributed by atoms with van der Waals surface area (Å²) in [6.45, 7) is 4.58. The van der Waals surface area contributed by atoms with Crippen LogP contribution in [0.5, 0.6) is 0 Å². The topological polar surface area (TPSA) is 30.0 Å². The monoisotopic (exact) mass is 215 g/mol. The molecule has 1 aromatic heterocycles. The summed E-state index contributed by atoms with van der Waals surface area (Å²) in [6.07, 6.45) is 8.18. The minimum atomic E-state index is 0.370. The molecule has 0 aromatic carbocycles. The van der Waals surface area contributed by atoms with Crippen molar-refractivity contribution in [3.8, 4) is 0 Å². The Hall–Kier alpha value is -1.44. The van der Waals surface area contributed by atoms with Gasteiger partial charge in [-0.15, -0.1) is 0 Å². The van der Waals surface area contributed by atoms with Gasteiger partial charge >= 0.3 is 0 Å². The lowest BCUT2D eigenvalue weighted by Gasteiger charge is -2.29. The minimum Gasteiger partial charge on any atom is -0.298 e. The van der Waals surface area contributed by atoms with Crippen LogP contribution in [0.2, 0.25) is 0 Å². The third-order valence-corrected chi connectivity index (χ3v) is 3.13. The second-order valence-corrected chi connectivity index (χ2v) is 5.20. The number of carbonyl (C=O) groups is 1. The van der Waals surface area contributed by atoms with Crippen LogP contribution >= 0.6 is 0 Å². The van der Waals surface area contributed by atoms with Gasteiger partial charge in [0.25, 0.3) is 0 Å². The molecule has 0 unspecified atom stereocenters. The van der Waals surface area contributed by atoms with Gasteiger partial charge in [0.1, 0.15) is 0 Å². The molecule has 1 heterocycles. The van der Waals surface area contributed by atoms with Crippen molar-refractivity contribution in [2.75, 3.05) is 0 Å². The van der Waals surface area contributed by atoms with Crippen LogP contribution in [0.25, 0.3) is 5.57 Å². The van der Waals surface area contributed by atoms with Crippen molar-refractivity contribution < 1.29 is 4.79 Å². The number of aldehydes is 1. The molecule has 1 aromatic rings. The predicted octanol–water partition coefficient (Wildman–Crippen LogP) is 3.49. The second-order valence-electron chi connectivity index (χ2n) is 5.20. The molecule has 2 heteroatoms. The van der Waals surface area contributed by atoms with Crippen molar-refractivity contribution >= 4 is 11.9 Å². The van der Waals surface area contributed by atoms with Gasteiger partial charge in [0.15, 0.2) is 6.29 Å². The van der Waals surface area contributed by atoms with E-state index in [2.05, 4.69) is 24.9 Å². The highest BCUT2D eigenvalue weighted by atomic mass is 16.1. The first-order valence-electron chi connectivity index (χ1n) is 5.71. The third kappa shape index (κ3) is 2.38. The number of hydrogen-bond donors (Lipinski definition) is 0. The highest BCUT2D eigenvalue weighted by Crippen LogP contribution is 2.38. The Kier molecular flexibility index (Phi) is 2.90. The Morgan fingerprint density at radius 1 is 1.38 bits per heavy atom. The molecule has 16 heavy (non-hydrogen) atoms. The summed E-state index contributed by atoms with van der Waals surface area (Å²) in [4.78, 5) is 14.9. The number of allylic oxidation sites excluding steroid dienone is 2. The Morgan fingerprint density at radius 2 is 2.19 bits per heavy atom. The minimum absolute atomic E-state index is 0.370. The van der Waals surface area contributed by atoms with Crippen LogP contribution in [-0.2, 0) is 0 Å². The number of carbonyl (C=O) groups excluding carboxylic acids is 1. The van der Waals surface area contributed by atoms with Gasteiger partial charge in [-0.1, -0.05) is 19.9 Å². The quantitative estimate of drug-likeness (QED) is 0.707. The highest BCUT2D eigenvalue weighted by molar-refractivity contribution is 5.75. The van der Waals surface area contributed by atoms with Crippen LogP contribution < -0.4 is 0 Å². The number of rotatable bonds is 2. The Morgan fingerprint density at radius 3 is 2.75 bits per heavy atom. The van der Waals surface area contributed by atoms with Crippen LogP contribution in [0, 0.1) is 5.41 Å². The first kappa shape index (κ1) is 11.1. The number of nitrogens with zero attached hydrogens (tertiary/aromatic N) is 1. The molecule has 1 aliphatic carbocycles. The standard InChI is InChI=1S/C14H17NO/c1-14(2)7-3-4-12(8-14)13-6-5-11(10-16)9-15-13/h4-6,9-10H,3,7-8H2,1-2H3. The fourth-order valence-corrected chi connectivity index (χ4v) is 2.17. The normalized spacial score (nSPS) is 19.0. The van der Waals surface area contributed by atoms with Crippen LogP contribution in [0.3, 0.4) is 0 Å². The lowest BCUT2D eigenvalue weighted by Crippen LogP contribution is -2.15. The molecule has 84 valence electrons. The maximum Gasteiger partial charge on any atom is 0.151 e. The molecule has 0 aliphatic heterocycles. The van der Waals surface area contributed by atoms with Gasteiger partial charge in [-0.05, 0) is 42.4 Å². The molecule has 2 nitrogen and oxygen atoms in total. The van der Waals surface area contributed by atoms with Gasteiger partial charge in [-0.25, -0.2) is 0 Å². The smallest absolute Gasteiger partial charge is 0.151 e. The van der Waals surface area contributed by atoms with Gasteiger partial charge in [0.05, 0.1) is 5.69 Å². The van der Waals surface area contributed by atoms with Gasteiger partial charge < -0.3 is 0 Å². The third-order valence-electron chi connectivity index (χ3n) is 3.13. The second kappa shape index (κ2) is 4.20. The van der Waals surface area contributed by atoms with Crippen LogP contribution in [0.15, 0.2) is 24.4 Å². The molecule has 0 atom stereocenters. The molecule has 0 spiro atoms. The van der Waals surface area contributed by atoms with Crippen molar-refractivity contribution in [3.05, 3.63) is 35.7 Å². The van der Waals surface area contributed by atoms with E-state index in [1.165, 1.54) is 12.0 Å². The molecule has 0 saturated heterocycles. The molecule has 0 fully saturated rings.